The number of esters is 1. The van der Waals surface area contributed by atoms with Crippen molar-refractivity contribution in [2.75, 3.05) is 11.5 Å². The molecule has 11 heavy (non-hydrogen) atoms. The summed E-state index contributed by atoms with van der Waals surface area (Å²) in [5, 5.41) is 0. The van der Waals surface area contributed by atoms with Gasteiger partial charge in [-0.2, -0.15) is 0 Å². The summed E-state index contributed by atoms with van der Waals surface area (Å²) in [5.41, 5.74) is 0. The molecule has 0 bridgehead atoms. The molecule has 0 aromatic heterocycles. The third kappa shape index (κ3) is 8.10. The van der Waals surface area contributed by atoms with Crippen LogP contribution >= 0.6 is 22.6 Å². The average Bonchev–Trinajstić information content (AvgIpc) is 2.04. The fourth-order valence-electron chi connectivity index (χ4n) is 0.819. The molecule has 0 atom stereocenters. The summed E-state index contributed by atoms with van der Waals surface area (Å²) >= 11 is 2.37. The lowest BCUT2D eigenvalue weighted by Gasteiger charge is -1.98. The predicted octanol–water partition coefficient (Wildman–Crippen LogP) is 2.54. The minimum atomic E-state index is -0.0838. The fraction of sp³-hybridized carbons (Fsp3) is 0.875. The van der Waals surface area contributed by atoms with Crippen LogP contribution in [0.5, 0.6) is 0 Å². The van der Waals surface area contributed by atoms with Gasteiger partial charge in [0.05, 0.1) is 7.11 Å². The van der Waals surface area contributed by atoms with E-state index in [0.717, 1.165) is 12.8 Å². The molecule has 3 heteroatoms. The van der Waals surface area contributed by atoms with Gasteiger partial charge in [-0.3, -0.25) is 4.79 Å². The van der Waals surface area contributed by atoms with E-state index in [1.165, 1.54) is 24.4 Å². The summed E-state index contributed by atoms with van der Waals surface area (Å²) in [7, 11) is 1.44. The molecule has 66 valence electrons. The normalized spacial score (nSPS) is 9.64. The van der Waals surface area contributed by atoms with Gasteiger partial charge in [-0.25, -0.2) is 0 Å². The molecule has 0 unspecified atom stereocenters. The van der Waals surface area contributed by atoms with E-state index in [9.17, 15) is 4.79 Å². The summed E-state index contributed by atoms with van der Waals surface area (Å²) in [6, 6.07) is 0. The van der Waals surface area contributed by atoms with Gasteiger partial charge in [0.15, 0.2) is 0 Å². The first-order valence-corrected chi connectivity index (χ1v) is 5.46. The maximum absolute atomic E-state index is 10.6. The van der Waals surface area contributed by atoms with Crippen molar-refractivity contribution < 1.29 is 9.53 Å². The second-order valence-corrected chi connectivity index (χ2v) is 3.51. The minimum Gasteiger partial charge on any atom is -0.469 e. The van der Waals surface area contributed by atoms with Gasteiger partial charge in [0.1, 0.15) is 0 Å². The van der Waals surface area contributed by atoms with Crippen LogP contribution < -0.4 is 0 Å². The number of unbranched alkanes of at least 4 members (excludes halogenated alkanes) is 3. The molecule has 0 fully saturated rings. The lowest BCUT2D eigenvalue weighted by atomic mass is 10.2. The zero-order valence-corrected chi connectivity index (χ0v) is 9.09. The van der Waals surface area contributed by atoms with Crippen molar-refractivity contribution in [3.63, 3.8) is 0 Å². The Kier molecular flexibility index (Phi) is 8.45. The minimum absolute atomic E-state index is 0.0838. The van der Waals surface area contributed by atoms with Crippen molar-refractivity contribution >= 4 is 28.6 Å². The summed E-state index contributed by atoms with van der Waals surface area (Å²) in [6.07, 6.45) is 5.21. The number of alkyl halides is 1. The molecule has 0 aromatic rings. The molecule has 0 N–H and O–H groups in total. The van der Waals surface area contributed by atoms with Crippen LogP contribution in [0.25, 0.3) is 0 Å². The first kappa shape index (κ1) is 11.2. The van der Waals surface area contributed by atoms with Gasteiger partial charge >= 0.3 is 5.97 Å². The summed E-state index contributed by atoms with van der Waals surface area (Å²) in [6.45, 7) is 0. The number of hydrogen-bond acceptors (Lipinski definition) is 2. The highest BCUT2D eigenvalue weighted by Gasteiger charge is 1.97. The highest BCUT2D eigenvalue weighted by Crippen LogP contribution is 2.04. The first-order chi connectivity index (χ1) is 5.31. The number of methoxy groups -OCH3 is 1. The number of halogens is 1. The van der Waals surface area contributed by atoms with Gasteiger partial charge in [0.2, 0.25) is 0 Å². The quantitative estimate of drug-likeness (QED) is 0.321. The number of carbonyl (C=O) groups excluding carboxylic acids is 1. The van der Waals surface area contributed by atoms with Crippen molar-refractivity contribution in [2.45, 2.75) is 32.1 Å². The summed E-state index contributed by atoms with van der Waals surface area (Å²) in [5.74, 6) is -0.0838. The zero-order chi connectivity index (χ0) is 8.53. The molecule has 0 heterocycles. The molecule has 0 aliphatic heterocycles. The molecule has 0 radical (unpaired) electrons. The molecule has 0 spiro atoms. The Hall–Kier alpha value is 0.200. The Bertz CT molecular complexity index is 104. The standard InChI is InChI=1S/C8H15IO2/c1-11-8(10)6-4-2-3-5-7-9/h2-7H2,1H3. The van der Waals surface area contributed by atoms with Crippen LogP contribution in [0.15, 0.2) is 0 Å². The van der Waals surface area contributed by atoms with Crippen molar-refractivity contribution in [1.82, 2.24) is 0 Å². The van der Waals surface area contributed by atoms with Gasteiger partial charge in [0, 0.05) is 6.42 Å². The van der Waals surface area contributed by atoms with Gasteiger partial charge in [-0.05, 0) is 17.3 Å². The molecular formula is C8H15IO2. The SMILES string of the molecule is COC(=O)CCCCCCI. The molecule has 0 aliphatic rings. The van der Waals surface area contributed by atoms with Crippen LogP contribution in [0.2, 0.25) is 0 Å². The number of carbonyl (C=O) groups is 1. The lowest BCUT2D eigenvalue weighted by Crippen LogP contribution is -1.99. The Morgan fingerprint density at radius 2 is 1.91 bits per heavy atom. The number of ether oxygens (including phenoxy) is 1. The van der Waals surface area contributed by atoms with E-state index in [-0.39, 0.29) is 5.97 Å². The van der Waals surface area contributed by atoms with E-state index < -0.39 is 0 Å². The summed E-state index contributed by atoms with van der Waals surface area (Å²) in [4.78, 5) is 10.6. The van der Waals surface area contributed by atoms with E-state index in [0.29, 0.717) is 6.42 Å². The van der Waals surface area contributed by atoms with Crippen LogP contribution in [0.3, 0.4) is 0 Å². The molecule has 0 aliphatic carbocycles. The van der Waals surface area contributed by atoms with Crippen LogP contribution in [-0.4, -0.2) is 17.5 Å². The molecule has 0 saturated heterocycles. The molecule has 0 amide bonds. The van der Waals surface area contributed by atoms with Gasteiger partial charge < -0.3 is 4.74 Å². The van der Waals surface area contributed by atoms with E-state index in [2.05, 4.69) is 27.3 Å². The molecule has 2 nitrogen and oxygen atoms in total. The number of rotatable bonds is 6. The Labute approximate surface area is 81.8 Å². The van der Waals surface area contributed by atoms with E-state index in [1.54, 1.807) is 0 Å². The van der Waals surface area contributed by atoms with Gasteiger partial charge in [-0.15, -0.1) is 0 Å². The highest BCUT2D eigenvalue weighted by atomic mass is 127. The fourth-order valence-corrected chi connectivity index (χ4v) is 1.36. The van der Waals surface area contributed by atoms with Gasteiger partial charge in [0.25, 0.3) is 0 Å². The lowest BCUT2D eigenvalue weighted by molar-refractivity contribution is -0.140. The topological polar surface area (TPSA) is 26.3 Å². The third-order valence-electron chi connectivity index (χ3n) is 1.49. The Balaban J connectivity index is 2.95. The largest absolute Gasteiger partial charge is 0.469 e. The van der Waals surface area contributed by atoms with Crippen molar-refractivity contribution in [1.29, 1.82) is 0 Å². The van der Waals surface area contributed by atoms with Crippen molar-refractivity contribution in [3.8, 4) is 0 Å². The summed E-state index contributed by atoms with van der Waals surface area (Å²) < 4.78 is 5.73. The predicted molar refractivity (Wildman–Crippen MR) is 54.0 cm³/mol. The average molecular weight is 270 g/mol. The maximum atomic E-state index is 10.6. The van der Waals surface area contributed by atoms with E-state index >= 15 is 0 Å². The Morgan fingerprint density at radius 1 is 1.27 bits per heavy atom. The smallest absolute Gasteiger partial charge is 0.305 e. The van der Waals surface area contributed by atoms with Crippen LogP contribution in [0.1, 0.15) is 32.1 Å². The first-order valence-electron chi connectivity index (χ1n) is 3.94. The molecule has 0 saturated carbocycles. The zero-order valence-electron chi connectivity index (χ0n) is 6.94. The highest BCUT2D eigenvalue weighted by molar-refractivity contribution is 14.1. The van der Waals surface area contributed by atoms with Crippen LogP contribution in [0, 0.1) is 0 Å². The van der Waals surface area contributed by atoms with E-state index in [4.69, 9.17) is 0 Å². The molecule has 0 aromatic carbocycles. The van der Waals surface area contributed by atoms with Gasteiger partial charge in [-0.1, -0.05) is 35.4 Å². The third-order valence-corrected chi connectivity index (χ3v) is 2.25. The number of hydrogen-bond donors (Lipinski definition) is 0. The Morgan fingerprint density at radius 3 is 2.45 bits per heavy atom. The van der Waals surface area contributed by atoms with E-state index in [1.807, 2.05) is 0 Å². The monoisotopic (exact) mass is 270 g/mol. The maximum Gasteiger partial charge on any atom is 0.305 e. The second kappa shape index (κ2) is 8.30. The van der Waals surface area contributed by atoms with Crippen LogP contribution in [0.4, 0.5) is 0 Å². The molecular weight excluding hydrogens is 255 g/mol. The molecule has 0 rings (SSSR count). The van der Waals surface area contributed by atoms with Crippen LogP contribution in [-0.2, 0) is 9.53 Å². The second-order valence-electron chi connectivity index (χ2n) is 2.43. The van der Waals surface area contributed by atoms with Crippen molar-refractivity contribution in [3.05, 3.63) is 0 Å². The van der Waals surface area contributed by atoms with Crippen molar-refractivity contribution in [2.24, 2.45) is 0 Å².